The van der Waals surface area contributed by atoms with E-state index in [1.165, 1.54) is 36.7 Å². The van der Waals surface area contributed by atoms with Crippen molar-refractivity contribution in [3.63, 3.8) is 0 Å². The summed E-state index contributed by atoms with van der Waals surface area (Å²) < 4.78 is 33.7. The van der Waals surface area contributed by atoms with Gasteiger partial charge in [-0.05, 0) is 35.2 Å². The van der Waals surface area contributed by atoms with Gasteiger partial charge in [-0.25, -0.2) is 0 Å². The average molecular weight is 310 g/mol. The van der Waals surface area contributed by atoms with Gasteiger partial charge in [0.15, 0.2) is 17.3 Å². The molecule has 0 saturated heterocycles. The molecule has 0 bridgehead atoms. The molecule has 1 aromatic heterocycles. The second-order valence-corrected chi connectivity index (χ2v) is 4.91. The number of thiophene rings is 1. The molecule has 0 aliphatic heterocycles. The molecule has 0 amide bonds. The first-order chi connectivity index (χ1) is 10.1. The average Bonchev–Trinajstić information content (AvgIpc) is 2.99. The quantitative estimate of drug-likeness (QED) is 0.591. The number of ether oxygens (including phenoxy) is 2. The lowest BCUT2D eigenvalue weighted by molar-refractivity contribution is -0.0512. The number of alkyl halides is 2. The van der Waals surface area contributed by atoms with Crippen LogP contribution in [0.1, 0.15) is 15.2 Å². The van der Waals surface area contributed by atoms with Gasteiger partial charge in [0, 0.05) is 0 Å². The van der Waals surface area contributed by atoms with Crippen LogP contribution < -0.4 is 9.47 Å². The van der Waals surface area contributed by atoms with E-state index in [4.69, 9.17) is 4.74 Å². The molecule has 110 valence electrons. The summed E-state index contributed by atoms with van der Waals surface area (Å²) in [5.41, 5.74) is 0.651. The van der Waals surface area contributed by atoms with Crippen LogP contribution in [-0.4, -0.2) is 19.5 Å². The van der Waals surface area contributed by atoms with Crippen molar-refractivity contribution in [2.24, 2.45) is 0 Å². The molecule has 0 unspecified atom stereocenters. The van der Waals surface area contributed by atoms with Crippen LogP contribution in [0.25, 0.3) is 6.08 Å². The molecule has 21 heavy (non-hydrogen) atoms. The molecular formula is C15H12F2O3S. The van der Waals surface area contributed by atoms with Crippen molar-refractivity contribution in [2.75, 3.05) is 7.11 Å². The molecule has 0 saturated carbocycles. The Morgan fingerprint density at radius 2 is 2.10 bits per heavy atom. The molecule has 0 N–H and O–H groups in total. The number of allylic oxidation sites excluding steroid dienone is 1. The van der Waals surface area contributed by atoms with Gasteiger partial charge >= 0.3 is 6.61 Å². The summed E-state index contributed by atoms with van der Waals surface area (Å²) >= 11 is 1.35. The molecular weight excluding hydrogens is 298 g/mol. The molecule has 6 heteroatoms. The minimum absolute atomic E-state index is 0.0470. The third-order valence-electron chi connectivity index (χ3n) is 2.59. The number of benzene rings is 1. The lowest BCUT2D eigenvalue weighted by atomic mass is 10.1. The van der Waals surface area contributed by atoms with E-state index in [-0.39, 0.29) is 17.3 Å². The number of hydrogen-bond acceptors (Lipinski definition) is 4. The highest BCUT2D eigenvalue weighted by Gasteiger charge is 2.10. The molecule has 1 aromatic carbocycles. The van der Waals surface area contributed by atoms with Crippen molar-refractivity contribution in [1.82, 2.24) is 0 Å². The summed E-state index contributed by atoms with van der Waals surface area (Å²) in [4.78, 5) is 12.4. The lowest BCUT2D eigenvalue weighted by Gasteiger charge is -2.10. The molecule has 0 fully saturated rings. The Labute approximate surface area is 124 Å². The van der Waals surface area contributed by atoms with Gasteiger partial charge in [-0.2, -0.15) is 8.78 Å². The first-order valence-corrected chi connectivity index (χ1v) is 6.87. The summed E-state index contributed by atoms with van der Waals surface area (Å²) in [6, 6.07) is 8.00. The van der Waals surface area contributed by atoms with Crippen LogP contribution in [-0.2, 0) is 0 Å². The van der Waals surface area contributed by atoms with Gasteiger partial charge in [0.05, 0.1) is 12.0 Å². The minimum atomic E-state index is -2.92. The smallest absolute Gasteiger partial charge is 0.387 e. The van der Waals surface area contributed by atoms with E-state index >= 15 is 0 Å². The first kappa shape index (κ1) is 15.2. The molecule has 0 atom stereocenters. The maximum Gasteiger partial charge on any atom is 0.387 e. The topological polar surface area (TPSA) is 35.5 Å². The lowest BCUT2D eigenvalue weighted by Crippen LogP contribution is -2.03. The third kappa shape index (κ3) is 4.13. The Kier molecular flexibility index (Phi) is 5.05. The van der Waals surface area contributed by atoms with E-state index in [9.17, 15) is 13.6 Å². The monoisotopic (exact) mass is 310 g/mol. The van der Waals surface area contributed by atoms with E-state index in [0.29, 0.717) is 10.4 Å². The van der Waals surface area contributed by atoms with Crippen molar-refractivity contribution in [3.8, 4) is 11.5 Å². The van der Waals surface area contributed by atoms with Gasteiger partial charge in [-0.15, -0.1) is 11.3 Å². The van der Waals surface area contributed by atoms with Crippen LogP contribution in [0, 0.1) is 0 Å². The zero-order chi connectivity index (χ0) is 15.2. The van der Waals surface area contributed by atoms with Gasteiger partial charge in [0.25, 0.3) is 0 Å². The number of carbonyl (C=O) groups excluding carboxylic acids is 1. The van der Waals surface area contributed by atoms with Crippen LogP contribution in [0.5, 0.6) is 11.5 Å². The van der Waals surface area contributed by atoms with Gasteiger partial charge in [-0.1, -0.05) is 18.2 Å². The standard InChI is InChI=1S/C15H12F2O3S/c1-19-13-9-10(5-7-12(13)20-15(16)17)4-6-11(18)14-3-2-8-21-14/h2-9,15H,1H3/b6-4+. The van der Waals surface area contributed by atoms with Crippen molar-refractivity contribution in [3.05, 3.63) is 52.2 Å². The number of hydrogen-bond donors (Lipinski definition) is 0. The first-order valence-electron chi connectivity index (χ1n) is 5.99. The molecule has 0 aliphatic rings. The van der Waals surface area contributed by atoms with Gasteiger partial charge in [-0.3, -0.25) is 4.79 Å². The fraction of sp³-hybridized carbons (Fsp3) is 0.133. The van der Waals surface area contributed by atoms with E-state index in [1.807, 2.05) is 5.38 Å². The fourth-order valence-corrected chi connectivity index (χ4v) is 2.30. The Balaban J connectivity index is 2.15. The van der Waals surface area contributed by atoms with Crippen LogP contribution >= 0.6 is 11.3 Å². The van der Waals surface area contributed by atoms with Crippen LogP contribution in [0.15, 0.2) is 41.8 Å². The predicted octanol–water partition coefficient (Wildman–Crippen LogP) is 4.25. The van der Waals surface area contributed by atoms with Crippen molar-refractivity contribution < 1.29 is 23.0 Å². The Bertz CT molecular complexity index is 636. The summed E-state index contributed by atoms with van der Waals surface area (Å²) in [6.07, 6.45) is 3.02. The molecule has 3 nitrogen and oxygen atoms in total. The molecule has 0 aliphatic carbocycles. The predicted molar refractivity (Wildman–Crippen MR) is 77.3 cm³/mol. The molecule has 0 spiro atoms. The number of halogens is 2. The number of ketones is 1. The number of methoxy groups -OCH3 is 1. The molecule has 0 radical (unpaired) electrons. The summed E-state index contributed by atoms with van der Waals surface area (Å²) in [7, 11) is 1.36. The van der Waals surface area contributed by atoms with Crippen LogP contribution in [0.4, 0.5) is 8.78 Å². The Morgan fingerprint density at radius 1 is 1.29 bits per heavy atom. The van der Waals surface area contributed by atoms with Gasteiger partial charge in [0.1, 0.15) is 0 Å². The van der Waals surface area contributed by atoms with Crippen LogP contribution in [0.3, 0.4) is 0 Å². The largest absolute Gasteiger partial charge is 0.493 e. The van der Waals surface area contributed by atoms with Gasteiger partial charge in [0.2, 0.25) is 0 Å². The maximum atomic E-state index is 12.2. The number of rotatable bonds is 6. The van der Waals surface area contributed by atoms with Crippen molar-refractivity contribution >= 4 is 23.2 Å². The maximum absolute atomic E-state index is 12.2. The fourth-order valence-electron chi connectivity index (χ4n) is 1.65. The molecule has 2 rings (SSSR count). The Morgan fingerprint density at radius 3 is 2.71 bits per heavy atom. The molecule has 2 aromatic rings. The summed E-state index contributed by atoms with van der Waals surface area (Å²) in [5, 5.41) is 1.82. The van der Waals surface area contributed by atoms with E-state index in [2.05, 4.69) is 4.74 Å². The highest BCUT2D eigenvalue weighted by atomic mass is 32.1. The van der Waals surface area contributed by atoms with Crippen molar-refractivity contribution in [1.29, 1.82) is 0 Å². The highest BCUT2D eigenvalue weighted by Crippen LogP contribution is 2.29. The second-order valence-electron chi connectivity index (χ2n) is 3.96. The second kappa shape index (κ2) is 6.99. The van der Waals surface area contributed by atoms with Crippen LogP contribution in [0.2, 0.25) is 0 Å². The van der Waals surface area contributed by atoms with E-state index < -0.39 is 6.61 Å². The molecule has 1 heterocycles. The minimum Gasteiger partial charge on any atom is -0.493 e. The van der Waals surface area contributed by atoms with E-state index in [1.54, 1.807) is 24.3 Å². The van der Waals surface area contributed by atoms with E-state index in [0.717, 1.165) is 0 Å². The van der Waals surface area contributed by atoms with Crippen molar-refractivity contribution in [2.45, 2.75) is 6.61 Å². The zero-order valence-electron chi connectivity index (χ0n) is 11.1. The highest BCUT2D eigenvalue weighted by molar-refractivity contribution is 7.12. The zero-order valence-corrected chi connectivity index (χ0v) is 11.9. The summed E-state index contributed by atoms with van der Waals surface area (Å²) in [5.74, 6) is 0.0205. The Hall–Kier alpha value is -2.21. The SMILES string of the molecule is COc1cc(/C=C/C(=O)c2cccs2)ccc1OC(F)F. The normalized spacial score (nSPS) is 11.0. The summed E-state index contributed by atoms with van der Waals surface area (Å²) in [6.45, 7) is -2.92. The third-order valence-corrected chi connectivity index (χ3v) is 3.48. The number of carbonyl (C=O) groups is 1. The van der Waals surface area contributed by atoms with Gasteiger partial charge < -0.3 is 9.47 Å².